The molecule has 0 radical (unpaired) electrons. The number of hydrogen-bond acceptors (Lipinski definition) is 2. The minimum atomic E-state index is -0.716. The molecule has 0 saturated heterocycles. The zero-order valence-corrected chi connectivity index (χ0v) is 11.3. The molecule has 0 heterocycles. The molecule has 2 nitrogen and oxygen atoms in total. The second-order valence-corrected chi connectivity index (χ2v) is 4.28. The predicted octanol–water partition coefficient (Wildman–Crippen LogP) is 3.26. The molecule has 0 saturated carbocycles. The molecule has 0 spiro atoms. The summed E-state index contributed by atoms with van der Waals surface area (Å²) in [4.78, 5) is 11.7. The molecule has 3 heteroatoms. The largest absolute Gasteiger partial charge is 0.388 e. The highest BCUT2D eigenvalue weighted by Crippen LogP contribution is 2.25. The molecular formula is C13H15IO2. The zero-order valence-electron chi connectivity index (χ0n) is 9.14. The lowest BCUT2D eigenvalue weighted by atomic mass is 9.90. The lowest BCUT2D eigenvalue weighted by Gasteiger charge is -2.19. The van der Waals surface area contributed by atoms with E-state index in [-0.39, 0.29) is 11.7 Å². The third-order valence-corrected chi connectivity index (χ3v) is 2.91. The first kappa shape index (κ1) is 13.4. The van der Waals surface area contributed by atoms with Crippen LogP contribution in [0.2, 0.25) is 0 Å². The van der Waals surface area contributed by atoms with Crippen molar-refractivity contribution in [1.82, 2.24) is 0 Å². The van der Waals surface area contributed by atoms with E-state index in [9.17, 15) is 9.90 Å². The molecule has 1 aromatic rings. The van der Waals surface area contributed by atoms with Crippen molar-refractivity contribution in [3.8, 4) is 0 Å². The average molecular weight is 330 g/mol. The van der Waals surface area contributed by atoms with Gasteiger partial charge in [0, 0.05) is 0 Å². The van der Waals surface area contributed by atoms with E-state index in [1.54, 1.807) is 4.08 Å². The first-order chi connectivity index (χ1) is 7.70. The highest BCUT2D eigenvalue weighted by Gasteiger charge is 2.24. The van der Waals surface area contributed by atoms with Gasteiger partial charge in [0.1, 0.15) is 0 Å². The average Bonchev–Trinajstić information content (AvgIpc) is 2.31. The van der Waals surface area contributed by atoms with Crippen molar-refractivity contribution in [3.63, 3.8) is 0 Å². The van der Waals surface area contributed by atoms with E-state index in [4.69, 9.17) is 0 Å². The Balaban J connectivity index is 2.85. The van der Waals surface area contributed by atoms with Crippen LogP contribution in [0.15, 0.2) is 40.5 Å². The molecule has 86 valence electrons. The Kier molecular flexibility index (Phi) is 5.69. The molecule has 0 amide bonds. The van der Waals surface area contributed by atoms with Gasteiger partial charge in [-0.15, -0.1) is 0 Å². The van der Waals surface area contributed by atoms with Crippen molar-refractivity contribution in [2.24, 2.45) is 5.92 Å². The highest BCUT2D eigenvalue weighted by molar-refractivity contribution is 14.1. The van der Waals surface area contributed by atoms with Crippen LogP contribution in [-0.2, 0) is 4.79 Å². The number of benzene rings is 1. The molecule has 0 fully saturated rings. The molecule has 16 heavy (non-hydrogen) atoms. The number of rotatable bonds is 5. The van der Waals surface area contributed by atoms with Gasteiger partial charge < -0.3 is 5.11 Å². The number of aliphatic hydroxyl groups is 1. The molecule has 2 unspecified atom stereocenters. The van der Waals surface area contributed by atoms with Gasteiger partial charge in [0.05, 0.1) is 12.0 Å². The predicted molar refractivity (Wildman–Crippen MR) is 73.3 cm³/mol. The summed E-state index contributed by atoms with van der Waals surface area (Å²) in [6, 6.07) is 9.31. The van der Waals surface area contributed by atoms with Crippen LogP contribution in [0.5, 0.6) is 0 Å². The number of carbonyl (C=O) groups excluding carboxylic acids is 1. The Morgan fingerprint density at radius 1 is 1.44 bits per heavy atom. The smallest absolute Gasteiger partial charge is 0.162 e. The Morgan fingerprint density at radius 3 is 2.56 bits per heavy atom. The number of hydrogen-bond donors (Lipinski definition) is 1. The van der Waals surface area contributed by atoms with Crippen LogP contribution < -0.4 is 0 Å². The highest BCUT2D eigenvalue weighted by atomic mass is 127. The number of aliphatic hydroxyl groups excluding tert-OH is 1. The van der Waals surface area contributed by atoms with Crippen molar-refractivity contribution >= 4 is 28.4 Å². The van der Waals surface area contributed by atoms with Gasteiger partial charge in [-0.05, 0) is 22.1 Å². The van der Waals surface area contributed by atoms with Crippen molar-refractivity contribution in [2.45, 2.75) is 19.4 Å². The molecule has 0 aliphatic rings. The normalized spacial score (nSPS) is 14.9. The fourth-order valence-electron chi connectivity index (χ4n) is 1.65. The second-order valence-electron chi connectivity index (χ2n) is 3.57. The van der Waals surface area contributed by atoms with E-state index in [0.717, 1.165) is 5.56 Å². The Hall–Kier alpha value is -0.680. The quantitative estimate of drug-likeness (QED) is 0.665. The topological polar surface area (TPSA) is 37.3 Å². The van der Waals surface area contributed by atoms with Gasteiger partial charge in [-0.2, -0.15) is 0 Å². The minimum Gasteiger partial charge on any atom is -0.388 e. The Bertz CT molecular complexity index is 359. The van der Waals surface area contributed by atoms with Crippen LogP contribution in [0.25, 0.3) is 0 Å². The van der Waals surface area contributed by atoms with Crippen molar-refractivity contribution < 1.29 is 9.90 Å². The molecule has 1 rings (SSSR count). The molecule has 0 aromatic heterocycles. The van der Waals surface area contributed by atoms with Crippen LogP contribution in [-0.4, -0.2) is 10.9 Å². The monoisotopic (exact) mass is 330 g/mol. The summed E-state index contributed by atoms with van der Waals surface area (Å²) in [5, 5.41) is 10.1. The zero-order chi connectivity index (χ0) is 12.0. The maximum atomic E-state index is 11.7. The SMILES string of the molecule is CCC(C(=O)/C=C/I)C(O)c1ccccc1. The molecule has 0 aliphatic heterocycles. The van der Waals surface area contributed by atoms with Crippen LogP contribution >= 0.6 is 22.6 Å². The Morgan fingerprint density at radius 2 is 2.06 bits per heavy atom. The lowest BCUT2D eigenvalue weighted by Crippen LogP contribution is -2.20. The van der Waals surface area contributed by atoms with E-state index >= 15 is 0 Å². The third-order valence-electron chi connectivity index (χ3n) is 2.55. The van der Waals surface area contributed by atoms with Gasteiger partial charge in [0.15, 0.2) is 5.78 Å². The molecular weight excluding hydrogens is 315 g/mol. The maximum absolute atomic E-state index is 11.7. The van der Waals surface area contributed by atoms with Crippen LogP contribution in [0.3, 0.4) is 0 Å². The fraction of sp³-hybridized carbons (Fsp3) is 0.308. The summed E-state index contributed by atoms with van der Waals surface area (Å²) in [5.74, 6) is -0.373. The van der Waals surface area contributed by atoms with Crippen molar-refractivity contribution in [3.05, 3.63) is 46.1 Å². The number of halogens is 1. The van der Waals surface area contributed by atoms with Crippen LogP contribution in [0.1, 0.15) is 25.0 Å². The molecule has 1 aromatic carbocycles. The minimum absolute atomic E-state index is 0.0201. The molecule has 1 N–H and O–H groups in total. The molecule has 2 atom stereocenters. The fourth-order valence-corrected chi connectivity index (χ4v) is 2.00. The van der Waals surface area contributed by atoms with E-state index in [0.29, 0.717) is 6.42 Å². The first-order valence-corrected chi connectivity index (χ1v) is 6.48. The van der Waals surface area contributed by atoms with Gasteiger partial charge >= 0.3 is 0 Å². The molecule has 0 bridgehead atoms. The van der Waals surface area contributed by atoms with Crippen LogP contribution in [0, 0.1) is 5.92 Å². The van der Waals surface area contributed by atoms with Gasteiger partial charge in [-0.25, -0.2) is 0 Å². The van der Waals surface area contributed by atoms with Gasteiger partial charge in [0.25, 0.3) is 0 Å². The summed E-state index contributed by atoms with van der Waals surface area (Å²) < 4.78 is 1.68. The lowest BCUT2D eigenvalue weighted by molar-refractivity contribution is -0.121. The summed E-state index contributed by atoms with van der Waals surface area (Å²) in [7, 11) is 0. The van der Waals surface area contributed by atoms with Crippen molar-refractivity contribution in [1.29, 1.82) is 0 Å². The number of allylic oxidation sites excluding steroid dienone is 1. The van der Waals surface area contributed by atoms with E-state index in [1.165, 1.54) is 6.08 Å². The van der Waals surface area contributed by atoms with Gasteiger partial charge in [0.2, 0.25) is 0 Å². The Labute approximate surface area is 110 Å². The summed E-state index contributed by atoms with van der Waals surface area (Å²) in [5.41, 5.74) is 0.796. The number of ketones is 1. The van der Waals surface area contributed by atoms with Gasteiger partial charge in [-0.1, -0.05) is 59.8 Å². The summed E-state index contributed by atoms with van der Waals surface area (Å²) in [6.07, 6.45) is 1.43. The summed E-state index contributed by atoms with van der Waals surface area (Å²) >= 11 is 2.01. The standard InChI is InChI=1S/C13H15IO2/c1-2-11(12(15)8-9-14)13(16)10-6-4-3-5-7-10/h3-9,11,13,16H,2H2,1H3/b9-8+. The van der Waals surface area contributed by atoms with E-state index < -0.39 is 6.10 Å². The van der Waals surface area contributed by atoms with Gasteiger partial charge in [-0.3, -0.25) is 4.79 Å². The second kappa shape index (κ2) is 6.81. The summed E-state index contributed by atoms with van der Waals surface area (Å²) in [6.45, 7) is 1.91. The van der Waals surface area contributed by atoms with Crippen LogP contribution in [0.4, 0.5) is 0 Å². The first-order valence-electron chi connectivity index (χ1n) is 5.24. The maximum Gasteiger partial charge on any atom is 0.162 e. The van der Waals surface area contributed by atoms with E-state index in [2.05, 4.69) is 0 Å². The van der Waals surface area contributed by atoms with Crippen molar-refractivity contribution in [2.75, 3.05) is 0 Å². The third kappa shape index (κ3) is 3.42. The molecule has 0 aliphatic carbocycles. The number of carbonyl (C=O) groups is 1. The van der Waals surface area contributed by atoms with E-state index in [1.807, 2.05) is 59.8 Å².